The van der Waals surface area contributed by atoms with Crippen LogP contribution in [0.3, 0.4) is 0 Å². The number of benzene rings is 1. The predicted octanol–water partition coefficient (Wildman–Crippen LogP) is 4.91. The van der Waals surface area contributed by atoms with E-state index in [-0.39, 0.29) is 25.2 Å². The Hall–Kier alpha value is -2.34. The first-order valence-corrected chi connectivity index (χ1v) is 11.4. The number of nitrogens with zero attached hydrogens (tertiary/aromatic N) is 2. The average molecular weight is 496 g/mol. The third kappa shape index (κ3) is 4.96. The van der Waals surface area contributed by atoms with Gasteiger partial charge in [-0.2, -0.15) is 26.3 Å². The van der Waals surface area contributed by atoms with Crippen LogP contribution in [0.15, 0.2) is 47.5 Å². The molecule has 0 saturated carbocycles. The van der Waals surface area contributed by atoms with E-state index in [9.17, 15) is 39.9 Å². The molecule has 1 aromatic heterocycles. The Morgan fingerprint density at radius 2 is 1.64 bits per heavy atom. The summed E-state index contributed by atoms with van der Waals surface area (Å²) < 4.78 is 102. The van der Waals surface area contributed by atoms with Gasteiger partial charge in [-0.05, 0) is 62.9 Å². The molecule has 0 aliphatic carbocycles. The number of alkyl halides is 6. The molecule has 12 heteroatoms. The third-order valence-corrected chi connectivity index (χ3v) is 8.68. The topological polar surface area (TPSA) is 70.5 Å². The average Bonchev–Trinajstić information content (AvgIpc) is 2.72. The van der Waals surface area contributed by atoms with E-state index in [2.05, 4.69) is 4.98 Å². The van der Waals surface area contributed by atoms with Crippen molar-refractivity contribution < 1.29 is 39.9 Å². The first kappa shape index (κ1) is 25.3. The number of hydrogen-bond donors (Lipinski definition) is 1. The first-order chi connectivity index (χ1) is 15.0. The maximum atomic E-state index is 13.2. The molecule has 1 aliphatic rings. The number of aliphatic hydroxyl groups excluding tert-OH is 1. The van der Waals surface area contributed by atoms with Crippen LogP contribution in [0.25, 0.3) is 0 Å². The summed E-state index contributed by atoms with van der Waals surface area (Å²) in [5.41, 5.74) is -2.02. The van der Waals surface area contributed by atoms with Gasteiger partial charge in [-0.15, -0.1) is 0 Å². The van der Waals surface area contributed by atoms with E-state index in [1.54, 1.807) is 0 Å². The van der Waals surface area contributed by atoms with Gasteiger partial charge in [-0.25, -0.2) is 13.4 Å². The summed E-state index contributed by atoms with van der Waals surface area (Å²) >= 11 is 0. The molecule has 0 amide bonds. The quantitative estimate of drug-likeness (QED) is 0.610. The van der Waals surface area contributed by atoms with E-state index in [0.717, 1.165) is 30.3 Å². The van der Waals surface area contributed by atoms with Crippen LogP contribution >= 0.6 is 0 Å². The second kappa shape index (κ2) is 8.46. The number of rotatable bonds is 4. The third-order valence-electron chi connectivity index (χ3n) is 6.09. The predicted molar refractivity (Wildman–Crippen MR) is 108 cm³/mol. The highest BCUT2D eigenvalue weighted by atomic mass is 32.2. The van der Waals surface area contributed by atoms with Crippen molar-refractivity contribution in [3.63, 3.8) is 0 Å². The van der Waals surface area contributed by atoms with Crippen molar-refractivity contribution in [3.8, 4) is 0 Å². The minimum absolute atomic E-state index is 0.0616. The Morgan fingerprint density at radius 1 is 1.00 bits per heavy atom. The van der Waals surface area contributed by atoms with Crippen molar-refractivity contribution >= 4 is 15.7 Å². The van der Waals surface area contributed by atoms with Gasteiger partial charge in [-0.3, -0.25) is 0 Å². The molecule has 3 rings (SSSR count). The van der Waals surface area contributed by atoms with E-state index < -0.39 is 55.1 Å². The van der Waals surface area contributed by atoms with Gasteiger partial charge in [0.05, 0.1) is 20.8 Å². The van der Waals surface area contributed by atoms with Crippen molar-refractivity contribution in [1.82, 2.24) is 4.98 Å². The van der Waals surface area contributed by atoms with Gasteiger partial charge >= 0.3 is 12.4 Å². The number of aromatic nitrogens is 1. The smallest absolute Gasteiger partial charge is 0.374 e. The summed E-state index contributed by atoms with van der Waals surface area (Å²) in [5.74, 6) is -0.523. The molecule has 2 heterocycles. The van der Waals surface area contributed by atoms with Crippen molar-refractivity contribution in [2.24, 2.45) is 5.92 Å². The Kier molecular flexibility index (Phi) is 6.48. The minimum atomic E-state index is -4.70. The normalized spacial score (nSPS) is 20.7. The molecule has 1 unspecified atom stereocenters. The molecule has 2 aromatic rings. The van der Waals surface area contributed by atoms with Crippen molar-refractivity contribution in [2.75, 3.05) is 11.4 Å². The lowest BCUT2D eigenvalue weighted by Crippen LogP contribution is -2.50. The summed E-state index contributed by atoms with van der Waals surface area (Å²) in [7, 11) is -4.22. The number of sulfone groups is 1. The van der Waals surface area contributed by atoms with E-state index in [0.29, 0.717) is 12.3 Å². The highest BCUT2D eigenvalue weighted by molar-refractivity contribution is 7.92. The zero-order valence-corrected chi connectivity index (χ0v) is 18.5. The fraction of sp³-hybridized carbons (Fsp3) is 0.476. The van der Waals surface area contributed by atoms with Crippen molar-refractivity contribution in [1.29, 1.82) is 0 Å². The molecular formula is C21H22F6N2O3S. The molecule has 1 saturated heterocycles. The fourth-order valence-corrected chi connectivity index (χ4v) is 5.73. The van der Waals surface area contributed by atoms with E-state index in [1.807, 2.05) is 0 Å². The molecule has 5 nitrogen and oxygen atoms in total. The van der Waals surface area contributed by atoms with E-state index in [4.69, 9.17) is 0 Å². The van der Waals surface area contributed by atoms with Crippen LogP contribution < -0.4 is 4.90 Å². The van der Waals surface area contributed by atoms with Crippen LogP contribution in [0.2, 0.25) is 0 Å². The van der Waals surface area contributed by atoms with Gasteiger partial charge in [0.15, 0.2) is 9.84 Å². The van der Waals surface area contributed by atoms with Crippen molar-refractivity contribution in [3.05, 3.63) is 53.7 Å². The maximum absolute atomic E-state index is 13.2. The number of anilines is 1. The minimum Gasteiger partial charge on any atom is -0.374 e. The van der Waals surface area contributed by atoms with Gasteiger partial charge in [-0.1, -0.05) is 6.07 Å². The second-order valence-corrected chi connectivity index (χ2v) is 11.0. The zero-order valence-electron chi connectivity index (χ0n) is 17.7. The highest BCUT2D eigenvalue weighted by Gasteiger charge is 2.46. The molecule has 33 heavy (non-hydrogen) atoms. The SMILES string of the molecule is CC(C)([C@H]1CCN(c2ccc(C(F)(F)F)cn2)C(O)C1)S(=O)(=O)c1cccc(C(F)(F)F)c1. The van der Waals surface area contributed by atoms with E-state index >= 15 is 0 Å². The van der Waals surface area contributed by atoms with E-state index in [1.165, 1.54) is 18.7 Å². The monoisotopic (exact) mass is 496 g/mol. The van der Waals surface area contributed by atoms with Gasteiger partial charge in [0.25, 0.3) is 0 Å². The first-order valence-electron chi connectivity index (χ1n) is 9.95. The van der Waals surface area contributed by atoms with Crippen LogP contribution in [0.1, 0.15) is 37.8 Å². The molecule has 2 atom stereocenters. The van der Waals surface area contributed by atoms with Gasteiger partial charge in [0.2, 0.25) is 0 Å². The Labute approximate surface area is 187 Å². The fourth-order valence-electron chi connectivity index (χ4n) is 3.93. The molecular weight excluding hydrogens is 474 g/mol. The molecule has 1 aliphatic heterocycles. The molecule has 182 valence electrons. The summed E-state index contributed by atoms with van der Waals surface area (Å²) in [5, 5.41) is 10.6. The van der Waals surface area contributed by atoms with Gasteiger partial charge < -0.3 is 10.0 Å². The van der Waals surface area contributed by atoms with Crippen LogP contribution in [0, 0.1) is 5.92 Å². The number of aliphatic hydroxyl groups is 1. The molecule has 1 fully saturated rings. The van der Waals surface area contributed by atoms with Crippen LogP contribution in [0.4, 0.5) is 32.2 Å². The van der Waals surface area contributed by atoms with Crippen molar-refractivity contribution in [2.45, 2.75) is 54.9 Å². The Bertz CT molecular complexity index is 1100. The standard InChI is InChI=1S/C21H22F6N2O3S/c1-19(2,33(31,32)16-5-3-4-14(10-16)20(22,23)24)13-8-9-29(18(30)11-13)17-7-6-15(12-28-17)21(25,26)27/h3-7,10,12-13,18,30H,8-9,11H2,1-2H3/t13-,18?/m0/s1. The number of piperidine rings is 1. The van der Waals surface area contributed by atoms with Gasteiger partial charge in [0, 0.05) is 12.7 Å². The maximum Gasteiger partial charge on any atom is 0.417 e. The molecule has 1 N–H and O–H groups in total. The molecule has 0 bridgehead atoms. The highest BCUT2D eigenvalue weighted by Crippen LogP contribution is 2.41. The summed E-state index contributed by atoms with van der Waals surface area (Å²) in [6, 6.07) is 5.46. The molecule has 0 radical (unpaired) electrons. The summed E-state index contributed by atoms with van der Waals surface area (Å²) in [6.45, 7) is 2.89. The lowest BCUT2D eigenvalue weighted by atomic mass is 9.85. The number of halogens is 6. The zero-order chi connectivity index (χ0) is 24.8. The molecule has 1 aromatic carbocycles. The number of hydrogen-bond acceptors (Lipinski definition) is 5. The summed E-state index contributed by atoms with van der Waals surface area (Å²) in [4.78, 5) is 4.65. The van der Waals surface area contributed by atoms with Crippen LogP contribution in [0.5, 0.6) is 0 Å². The Morgan fingerprint density at radius 3 is 2.15 bits per heavy atom. The summed E-state index contributed by atoms with van der Waals surface area (Å²) in [6.07, 6.45) is -9.68. The van der Waals surface area contributed by atoms with Gasteiger partial charge in [0.1, 0.15) is 12.0 Å². The second-order valence-electron chi connectivity index (χ2n) is 8.43. The van der Waals surface area contributed by atoms with Crippen LogP contribution in [-0.4, -0.2) is 36.0 Å². The lowest BCUT2D eigenvalue weighted by molar-refractivity contribution is -0.138. The lowest BCUT2D eigenvalue weighted by Gasteiger charge is -2.43. The largest absolute Gasteiger partial charge is 0.417 e. The Balaban J connectivity index is 1.81. The number of pyridine rings is 1. The molecule has 0 spiro atoms. The van der Waals surface area contributed by atoms with Crippen LogP contribution in [-0.2, 0) is 22.2 Å².